The maximum absolute atomic E-state index is 12.1. The van der Waals surface area contributed by atoms with Crippen LogP contribution < -0.4 is 0 Å². The minimum Gasteiger partial charge on any atom is -0.272 e. The lowest BCUT2D eigenvalue weighted by Crippen LogP contribution is -2.40. The standard InChI is InChI=1S/C13H23N3O2S/c1-2-3-11-19(17,18)16-9-5-13(6-10-16)12-15-8-4-7-14-15/h4,7-8,13H,2-3,5-6,9-12H2,1H3. The Hall–Kier alpha value is -0.880. The van der Waals surface area contributed by atoms with Gasteiger partial charge in [0.05, 0.1) is 5.75 Å². The fourth-order valence-electron chi connectivity index (χ4n) is 2.50. The molecule has 0 N–H and O–H groups in total. The molecule has 108 valence electrons. The molecule has 2 rings (SSSR count). The Kier molecular flexibility index (Phi) is 4.99. The third-order valence-electron chi connectivity index (χ3n) is 3.73. The minimum absolute atomic E-state index is 0.299. The monoisotopic (exact) mass is 285 g/mol. The summed E-state index contributed by atoms with van der Waals surface area (Å²) in [7, 11) is -3.02. The number of piperidine rings is 1. The van der Waals surface area contributed by atoms with Gasteiger partial charge in [0, 0.05) is 32.0 Å². The van der Waals surface area contributed by atoms with E-state index in [1.807, 2.05) is 23.9 Å². The average molecular weight is 285 g/mol. The molecule has 0 bridgehead atoms. The normalized spacial score (nSPS) is 18.8. The first-order valence-corrected chi connectivity index (χ1v) is 8.68. The molecule has 1 aromatic rings. The van der Waals surface area contributed by atoms with Crippen LogP contribution in [0.4, 0.5) is 0 Å². The van der Waals surface area contributed by atoms with Crippen molar-refractivity contribution in [1.29, 1.82) is 0 Å². The smallest absolute Gasteiger partial charge is 0.214 e. The first kappa shape index (κ1) is 14.5. The number of rotatable bonds is 6. The van der Waals surface area contributed by atoms with Crippen LogP contribution in [0, 0.1) is 5.92 Å². The lowest BCUT2D eigenvalue weighted by atomic mass is 9.98. The summed E-state index contributed by atoms with van der Waals surface area (Å²) in [5, 5.41) is 4.20. The second kappa shape index (κ2) is 6.52. The van der Waals surface area contributed by atoms with E-state index in [4.69, 9.17) is 0 Å². The molecule has 0 unspecified atom stereocenters. The van der Waals surface area contributed by atoms with Crippen LogP contribution in [0.25, 0.3) is 0 Å². The Balaban J connectivity index is 1.82. The molecule has 1 aromatic heterocycles. The fourth-order valence-corrected chi connectivity index (χ4v) is 4.18. The minimum atomic E-state index is -3.02. The highest BCUT2D eigenvalue weighted by molar-refractivity contribution is 7.89. The van der Waals surface area contributed by atoms with E-state index in [1.54, 1.807) is 10.5 Å². The summed E-state index contributed by atoms with van der Waals surface area (Å²) in [6.07, 6.45) is 7.30. The van der Waals surface area contributed by atoms with Crippen molar-refractivity contribution in [2.75, 3.05) is 18.8 Å². The molecule has 0 spiro atoms. The first-order valence-electron chi connectivity index (χ1n) is 7.07. The van der Waals surface area contributed by atoms with E-state index >= 15 is 0 Å². The molecule has 0 saturated carbocycles. The summed E-state index contributed by atoms with van der Waals surface area (Å²) in [6, 6.07) is 1.92. The Bertz CT molecular complexity index is 462. The highest BCUT2D eigenvalue weighted by atomic mass is 32.2. The zero-order valence-electron chi connectivity index (χ0n) is 11.5. The molecular weight excluding hydrogens is 262 g/mol. The van der Waals surface area contributed by atoms with Crippen molar-refractivity contribution in [2.24, 2.45) is 5.92 Å². The molecule has 19 heavy (non-hydrogen) atoms. The number of hydrogen-bond donors (Lipinski definition) is 0. The van der Waals surface area contributed by atoms with Gasteiger partial charge in [0.1, 0.15) is 0 Å². The summed E-state index contributed by atoms with van der Waals surface area (Å²) in [6.45, 7) is 4.25. The van der Waals surface area contributed by atoms with Crippen LogP contribution >= 0.6 is 0 Å². The molecule has 0 aromatic carbocycles. The van der Waals surface area contributed by atoms with Crippen molar-refractivity contribution in [3.63, 3.8) is 0 Å². The van der Waals surface area contributed by atoms with E-state index in [9.17, 15) is 8.42 Å². The van der Waals surface area contributed by atoms with E-state index < -0.39 is 10.0 Å². The van der Waals surface area contributed by atoms with Crippen LogP contribution in [-0.2, 0) is 16.6 Å². The van der Waals surface area contributed by atoms with Crippen LogP contribution in [0.2, 0.25) is 0 Å². The predicted octanol–water partition coefficient (Wildman–Crippen LogP) is 1.73. The second-order valence-corrected chi connectivity index (χ2v) is 7.33. The molecule has 5 nitrogen and oxygen atoms in total. The van der Waals surface area contributed by atoms with E-state index in [1.165, 1.54) is 0 Å². The topological polar surface area (TPSA) is 55.2 Å². The van der Waals surface area contributed by atoms with Crippen LogP contribution in [0.15, 0.2) is 18.5 Å². The summed E-state index contributed by atoms with van der Waals surface area (Å²) >= 11 is 0. The summed E-state index contributed by atoms with van der Waals surface area (Å²) in [5.41, 5.74) is 0. The van der Waals surface area contributed by atoms with E-state index in [2.05, 4.69) is 5.10 Å². The van der Waals surface area contributed by atoms with Crippen LogP contribution in [0.3, 0.4) is 0 Å². The number of sulfonamides is 1. The second-order valence-electron chi connectivity index (χ2n) is 5.24. The molecule has 0 aliphatic carbocycles. The van der Waals surface area contributed by atoms with Crippen molar-refractivity contribution in [3.05, 3.63) is 18.5 Å². The molecule has 0 radical (unpaired) electrons. The lowest BCUT2D eigenvalue weighted by molar-refractivity contribution is 0.247. The number of hydrogen-bond acceptors (Lipinski definition) is 3. The van der Waals surface area contributed by atoms with Crippen LogP contribution in [0.5, 0.6) is 0 Å². The van der Waals surface area contributed by atoms with Crippen LogP contribution in [-0.4, -0.2) is 41.3 Å². The number of unbranched alkanes of at least 4 members (excludes halogenated alkanes) is 1. The van der Waals surface area contributed by atoms with Gasteiger partial charge in [-0.15, -0.1) is 0 Å². The zero-order valence-corrected chi connectivity index (χ0v) is 12.3. The van der Waals surface area contributed by atoms with E-state index in [0.29, 0.717) is 24.8 Å². The zero-order chi connectivity index (χ0) is 13.7. The van der Waals surface area contributed by atoms with Crippen LogP contribution in [0.1, 0.15) is 32.6 Å². The van der Waals surface area contributed by atoms with Gasteiger partial charge in [-0.05, 0) is 31.2 Å². The third kappa shape index (κ3) is 4.04. The van der Waals surface area contributed by atoms with Crippen molar-refractivity contribution in [2.45, 2.75) is 39.2 Å². The Morgan fingerprint density at radius 2 is 2.05 bits per heavy atom. The van der Waals surface area contributed by atoms with E-state index in [-0.39, 0.29) is 0 Å². The third-order valence-corrected chi connectivity index (χ3v) is 5.68. The molecule has 1 fully saturated rings. The Morgan fingerprint density at radius 3 is 2.63 bits per heavy atom. The molecule has 0 amide bonds. The summed E-state index contributed by atoms with van der Waals surface area (Å²) in [5.74, 6) is 0.838. The highest BCUT2D eigenvalue weighted by Gasteiger charge is 2.27. The molecule has 1 aliphatic rings. The molecular formula is C13H23N3O2S. The average Bonchev–Trinajstić information content (AvgIpc) is 2.90. The van der Waals surface area contributed by atoms with Gasteiger partial charge >= 0.3 is 0 Å². The van der Waals surface area contributed by atoms with Crippen molar-refractivity contribution in [1.82, 2.24) is 14.1 Å². The van der Waals surface area contributed by atoms with Crippen molar-refractivity contribution >= 4 is 10.0 Å². The quantitative estimate of drug-likeness (QED) is 0.800. The molecule has 1 saturated heterocycles. The number of nitrogens with zero attached hydrogens (tertiary/aromatic N) is 3. The maximum Gasteiger partial charge on any atom is 0.214 e. The van der Waals surface area contributed by atoms with Gasteiger partial charge in [0.25, 0.3) is 0 Å². The molecule has 6 heteroatoms. The van der Waals surface area contributed by atoms with Gasteiger partial charge in [-0.3, -0.25) is 4.68 Å². The van der Waals surface area contributed by atoms with Gasteiger partial charge in [-0.1, -0.05) is 13.3 Å². The van der Waals surface area contributed by atoms with Gasteiger partial charge in [-0.2, -0.15) is 5.10 Å². The lowest BCUT2D eigenvalue weighted by Gasteiger charge is -2.31. The Labute approximate surface area is 115 Å². The van der Waals surface area contributed by atoms with Crippen molar-refractivity contribution < 1.29 is 8.42 Å². The Morgan fingerprint density at radius 1 is 1.32 bits per heavy atom. The predicted molar refractivity (Wildman–Crippen MR) is 75.2 cm³/mol. The molecule has 2 heterocycles. The van der Waals surface area contributed by atoms with Gasteiger partial charge in [0.2, 0.25) is 10.0 Å². The summed E-state index contributed by atoms with van der Waals surface area (Å²) < 4.78 is 27.8. The largest absolute Gasteiger partial charge is 0.272 e. The first-order chi connectivity index (χ1) is 9.12. The fraction of sp³-hybridized carbons (Fsp3) is 0.769. The molecule has 1 aliphatic heterocycles. The van der Waals surface area contributed by atoms with Gasteiger partial charge < -0.3 is 0 Å². The van der Waals surface area contributed by atoms with Gasteiger partial charge in [-0.25, -0.2) is 12.7 Å². The van der Waals surface area contributed by atoms with Crippen molar-refractivity contribution in [3.8, 4) is 0 Å². The SMILES string of the molecule is CCCCS(=O)(=O)N1CCC(Cn2cccn2)CC1. The number of aromatic nitrogens is 2. The highest BCUT2D eigenvalue weighted by Crippen LogP contribution is 2.21. The maximum atomic E-state index is 12.1. The summed E-state index contributed by atoms with van der Waals surface area (Å²) in [4.78, 5) is 0. The van der Waals surface area contributed by atoms with Gasteiger partial charge in [0.15, 0.2) is 0 Å². The molecule has 0 atom stereocenters. The van der Waals surface area contributed by atoms with E-state index in [0.717, 1.165) is 32.2 Å².